The summed E-state index contributed by atoms with van der Waals surface area (Å²) in [7, 11) is 0. The molecule has 0 aromatic heterocycles. The number of aliphatic hydroxyl groups is 1. The van der Waals surface area contributed by atoms with Crippen molar-refractivity contribution < 1.29 is 19.7 Å². The third kappa shape index (κ3) is 12.2. The van der Waals surface area contributed by atoms with Gasteiger partial charge < -0.3 is 14.9 Å². The fourth-order valence-electron chi connectivity index (χ4n) is 2.05. The Morgan fingerprint density at radius 3 is 2.48 bits per heavy atom. The highest BCUT2D eigenvalue weighted by atomic mass is 16.5. The molecule has 0 spiro atoms. The first-order valence-corrected chi connectivity index (χ1v) is 9.11. The molecule has 0 aliphatic rings. The lowest BCUT2D eigenvalue weighted by Gasteiger charge is -2.06. The molecule has 25 heavy (non-hydrogen) atoms. The molecule has 1 atom stereocenters. The lowest BCUT2D eigenvalue weighted by atomic mass is 10.0. The van der Waals surface area contributed by atoms with E-state index in [0.717, 1.165) is 25.7 Å². The van der Waals surface area contributed by atoms with Crippen LogP contribution < -0.4 is 0 Å². The van der Waals surface area contributed by atoms with Crippen molar-refractivity contribution in [2.75, 3.05) is 13.2 Å². The maximum Gasteiger partial charge on any atom is 0.341 e. The minimum absolute atomic E-state index is 0.0333. The zero-order valence-electron chi connectivity index (χ0n) is 16.1. The van der Waals surface area contributed by atoms with E-state index < -0.39 is 5.97 Å². The normalized spacial score (nSPS) is 11.1. The molecule has 0 fully saturated rings. The van der Waals surface area contributed by atoms with Crippen molar-refractivity contribution in [3.8, 4) is 5.75 Å². The van der Waals surface area contributed by atoms with Crippen LogP contribution in [0, 0.1) is 5.92 Å². The Kier molecular flexibility index (Phi) is 13.5. The minimum atomic E-state index is -0.462. The Balaban J connectivity index is 0.000000477. The summed E-state index contributed by atoms with van der Waals surface area (Å²) in [5, 5.41) is 18.0. The highest BCUT2D eigenvalue weighted by Gasteiger charge is 2.10. The topological polar surface area (TPSA) is 66.8 Å². The van der Waals surface area contributed by atoms with Crippen LogP contribution in [0.3, 0.4) is 0 Å². The van der Waals surface area contributed by atoms with Crippen LogP contribution in [0.5, 0.6) is 5.75 Å². The fraction of sp³-hybridized carbons (Fsp3) is 0.571. The molecule has 1 aromatic carbocycles. The van der Waals surface area contributed by atoms with Crippen molar-refractivity contribution in [2.24, 2.45) is 5.92 Å². The highest BCUT2D eigenvalue weighted by Crippen LogP contribution is 2.16. The van der Waals surface area contributed by atoms with Crippen molar-refractivity contribution in [1.82, 2.24) is 0 Å². The quantitative estimate of drug-likeness (QED) is 0.369. The molecule has 0 radical (unpaired) electrons. The Morgan fingerprint density at radius 1 is 1.24 bits per heavy atom. The van der Waals surface area contributed by atoms with Crippen molar-refractivity contribution in [1.29, 1.82) is 0 Å². The standard InChI is InChI=1S/C11H14O3.C10H20O/c1-2-3-8-14-11(13)9-6-4-5-7-10(9)12;1-9(2)5-4-6-10(3)7-8-11/h4-7,12H,2-3,8H2,1H3;5,10-11H,4,6-8H2,1-3H3. The number of ether oxygens (including phenoxy) is 1. The lowest BCUT2D eigenvalue weighted by molar-refractivity contribution is 0.0496. The second-order valence-corrected chi connectivity index (χ2v) is 6.48. The van der Waals surface area contributed by atoms with Gasteiger partial charge >= 0.3 is 5.97 Å². The van der Waals surface area contributed by atoms with Gasteiger partial charge in [0.2, 0.25) is 0 Å². The van der Waals surface area contributed by atoms with Crippen LogP contribution in [-0.2, 0) is 4.74 Å². The first-order valence-electron chi connectivity index (χ1n) is 9.11. The SMILES string of the molecule is CC(C)=CCCC(C)CCO.CCCCOC(=O)c1ccccc1O. The number of rotatable bonds is 9. The van der Waals surface area contributed by atoms with Gasteiger partial charge in [0, 0.05) is 6.61 Å². The second kappa shape index (κ2) is 14.5. The number of aliphatic hydroxyl groups excluding tert-OH is 1. The molecule has 1 unspecified atom stereocenters. The van der Waals surface area contributed by atoms with E-state index >= 15 is 0 Å². The van der Waals surface area contributed by atoms with Gasteiger partial charge in [-0.1, -0.05) is 44.1 Å². The molecule has 0 saturated heterocycles. The number of hydrogen-bond acceptors (Lipinski definition) is 4. The van der Waals surface area contributed by atoms with Crippen LogP contribution >= 0.6 is 0 Å². The van der Waals surface area contributed by atoms with E-state index in [4.69, 9.17) is 9.84 Å². The molecule has 1 rings (SSSR count). The van der Waals surface area contributed by atoms with Crippen LogP contribution in [0.25, 0.3) is 0 Å². The van der Waals surface area contributed by atoms with Crippen LogP contribution in [0.15, 0.2) is 35.9 Å². The zero-order chi connectivity index (χ0) is 19.1. The van der Waals surface area contributed by atoms with Crippen molar-refractivity contribution >= 4 is 5.97 Å². The first-order chi connectivity index (χ1) is 11.9. The van der Waals surface area contributed by atoms with E-state index in [9.17, 15) is 9.90 Å². The summed E-state index contributed by atoms with van der Waals surface area (Å²) in [6, 6.07) is 6.37. The number of aromatic hydroxyl groups is 1. The summed E-state index contributed by atoms with van der Waals surface area (Å²) < 4.78 is 4.95. The number of esters is 1. The predicted molar refractivity (Wildman–Crippen MR) is 103 cm³/mol. The minimum Gasteiger partial charge on any atom is -0.507 e. The lowest BCUT2D eigenvalue weighted by Crippen LogP contribution is -2.06. The van der Waals surface area contributed by atoms with Gasteiger partial charge in [0.25, 0.3) is 0 Å². The fourth-order valence-corrected chi connectivity index (χ4v) is 2.05. The maximum absolute atomic E-state index is 11.4. The average Bonchev–Trinajstić information content (AvgIpc) is 2.56. The van der Waals surface area contributed by atoms with Crippen molar-refractivity contribution in [3.05, 3.63) is 41.5 Å². The molecule has 1 aromatic rings. The number of benzene rings is 1. The van der Waals surface area contributed by atoms with Gasteiger partial charge in [0.1, 0.15) is 11.3 Å². The van der Waals surface area contributed by atoms with Crippen LogP contribution in [0.1, 0.15) is 70.2 Å². The van der Waals surface area contributed by atoms with E-state index in [0.29, 0.717) is 19.1 Å². The van der Waals surface area contributed by atoms with Crippen molar-refractivity contribution in [2.45, 2.75) is 59.8 Å². The van der Waals surface area contributed by atoms with E-state index in [1.54, 1.807) is 18.2 Å². The number of carbonyl (C=O) groups is 1. The molecule has 4 nitrogen and oxygen atoms in total. The van der Waals surface area contributed by atoms with Crippen LogP contribution in [-0.4, -0.2) is 29.4 Å². The van der Waals surface area contributed by atoms with Gasteiger partial charge in [-0.05, 0) is 57.6 Å². The largest absolute Gasteiger partial charge is 0.507 e. The molecule has 0 saturated carbocycles. The van der Waals surface area contributed by atoms with Gasteiger partial charge in [-0.25, -0.2) is 4.79 Å². The Labute approximate surface area is 152 Å². The second-order valence-electron chi connectivity index (χ2n) is 6.48. The molecule has 0 aliphatic carbocycles. The summed E-state index contributed by atoms with van der Waals surface area (Å²) in [5.74, 6) is 0.168. The molecule has 0 bridgehead atoms. The number of para-hydroxylation sites is 1. The highest BCUT2D eigenvalue weighted by molar-refractivity contribution is 5.92. The summed E-state index contributed by atoms with van der Waals surface area (Å²) >= 11 is 0. The van der Waals surface area contributed by atoms with E-state index in [1.165, 1.54) is 18.1 Å². The van der Waals surface area contributed by atoms with Gasteiger partial charge in [0.05, 0.1) is 6.61 Å². The zero-order valence-corrected chi connectivity index (χ0v) is 16.1. The van der Waals surface area contributed by atoms with E-state index in [-0.39, 0.29) is 11.3 Å². The molecule has 0 heterocycles. The molecule has 142 valence electrons. The van der Waals surface area contributed by atoms with Gasteiger partial charge in [-0.2, -0.15) is 0 Å². The average molecular weight is 350 g/mol. The van der Waals surface area contributed by atoms with Gasteiger partial charge in [0.15, 0.2) is 0 Å². The maximum atomic E-state index is 11.4. The molecule has 4 heteroatoms. The smallest absolute Gasteiger partial charge is 0.341 e. The Hall–Kier alpha value is -1.81. The van der Waals surface area contributed by atoms with Gasteiger partial charge in [-0.3, -0.25) is 0 Å². The number of hydrogen-bond donors (Lipinski definition) is 2. The monoisotopic (exact) mass is 350 g/mol. The van der Waals surface area contributed by atoms with E-state index in [2.05, 4.69) is 26.8 Å². The molecule has 0 aliphatic heterocycles. The molecular weight excluding hydrogens is 316 g/mol. The Morgan fingerprint density at radius 2 is 1.92 bits per heavy atom. The van der Waals surface area contributed by atoms with Crippen molar-refractivity contribution in [3.63, 3.8) is 0 Å². The van der Waals surface area contributed by atoms with E-state index in [1.807, 2.05) is 6.92 Å². The third-order valence-corrected chi connectivity index (χ3v) is 3.69. The summed E-state index contributed by atoms with van der Waals surface area (Å²) in [5.41, 5.74) is 1.62. The first kappa shape index (κ1) is 23.2. The Bertz CT molecular complexity index is 504. The van der Waals surface area contributed by atoms with Crippen LogP contribution in [0.2, 0.25) is 0 Å². The summed E-state index contributed by atoms with van der Waals surface area (Å²) in [6.07, 6.45) is 7.38. The molecule has 2 N–H and O–H groups in total. The predicted octanol–water partition coefficient (Wildman–Crippen LogP) is 5.10. The number of phenols is 1. The molecule has 0 amide bonds. The van der Waals surface area contributed by atoms with Crippen LogP contribution in [0.4, 0.5) is 0 Å². The summed E-state index contributed by atoms with van der Waals surface area (Å²) in [6.45, 7) is 9.19. The number of unbranched alkanes of at least 4 members (excludes halogenated alkanes) is 1. The van der Waals surface area contributed by atoms with Gasteiger partial charge in [-0.15, -0.1) is 0 Å². The number of carbonyl (C=O) groups excluding carboxylic acids is 1. The third-order valence-electron chi connectivity index (χ3n) is 3.69. The number of phenolic OH excluding ortho intramolecular Hbond substituents is 1. The number of allylic oxidation sites excluding steroid dienone is 2. The molecular formula is C21H34O4. The summed E-state index contributed by atoms with van der Waals surface area (Å²) in [4.78, 5) is 11.4.